The standard InChI is InChI=1S/C16H24N8O/c1-13-18-4-6-22(13)7-5-19-16(17-2)23-8-9-24(15(25)12-23)14-10-20-21(3)11-14/h4,6,10-11H,5,7-9,12H2,1-3H3,(H,17,19). The van der Waals surface area contributed by atoms with Crippen LogP contribution < -0.4 is 10.2 Å². The van der Waals surface area contributed by atoms with Crippen molar-refractivity contribution in [2.24, 2.45) is 12.0 Å². The normalized spacial score (nSPS) is 15.8. The first-order chi connectivity index (χ1) is 12.1. The predicted octanol–water partition coefficient (Wildman–Crippen LogP) is -0.151. The Balaban J connectivity index is 1.54. The lowest BCUT2D eigenvalue weighted by molar-refractivity contribution is -0.120. The molecule has 2 aromatic heterocycles. The third-order valence-corrected chi connectivity index (χ3v) is 4.29. The number of aryl methyl sites for hydroxylation is 2. The molecule has 0 radical (unpaired) electrons. The highest BCUT2D eigenvalue weighted by atomic mass is 16.2. The van der Waals surface area contributed by atoms with E-state index in [1.54, 1.807) is 29.0 Å². The molecule has 9 nitrogen and oxygen atoms in total. The van der Waals surface area contributed by atoms with Crippen molar-refractivity contribution in [3.05, 3.63) is 30.6 Å². The Bertz CT molecular complexity index is 762. The largest absolute Gasteiger partial charge is 0.354 e. The molecule has 1 N–H and O–H groups in total. The topological polar surface area (TPSA) is 83.6 Å². The summed E-state index contributed by atoms with van der Waals surface area (Å²) in [6.07, 6.45) is 7.32. The Morgan fingerprint density at radius 1 is 1.40 bits per heavy atom. The number of carbonyl (C=O) groups excluding carboxylic acids is 1. The maximum absolute atomic E-state index is 12.5. The van der Waals surface area contributed by atoms with E-state index < -0.39 is 0 Å². The van der Waals surface area contributed by atoms with Crippen LogP contribution in [0.1, 0.15) is 5.82 Å². The van der Waals surface area contributed by atoms with Gasteiger partial charge in [-0.3, -0.25) is 14.5 Å². The highest BCUT2D eigenvalue weighted by Crippen LogP contribution is 2.15. The molecule has 3 rings (SSSR count). The molecule has 1 aliphatic heterocycles. The minimum absolute atomic E-state index is 0.0488. The molecule has 0 saturated carbocycles. The quantitative estimate of drug-likeness (QED) is 0.616. The highest BCUT2D eigenvalue weighted by Gasteiger charge is 2.27. The molecule has 3 heterocycles. The molecule has 134 valence electrons. The van der Waals surface area contributed by atoms with Crippen molar-refractivity contribution < 1.29 is 4.79 Å². The zero-order chi connectivity index (χ0) is 17.8. The predicted molar refractivity (Wildman–Crippen MR) is 95.5 cm³/mol. The number of imidazole rings is 1. The molecule has 1 amide bonds. The van der Waals surface area contributed by atoms with E-state index in [0.29, 0.717) is 13.1 Å². The molecule has 0 spiro atoms. The van der Waals surface area contributed by atoms with Crippen molar-refractivity contribution in [3.8, 4) is 0 Å². The second-order valence-corrected chi connectivity index (χ2v) is 5.98. The number of nitrogens with zero attached hydrogens (tertiary/aromatic N) is 7. The van der Waals surface area contributed by atoms with Gasteiger partial charge in [-0.05, 0) is 6.92 Å². The second-order valence-electron chi connectivity index (χ2n) is 5.98. The Morgan fingerprint density at radius 2 is 2.24 bits per heavy atom. The summed E-state index contributed by atoms with van der Waals surface area (Å²) in [5, 5.41) is 7.46. The maximum atomic E-state index is 12.5. The lowest BCUT2D eigenvalue weighted by Crippen LogP contribution is -2.55. The molecular weight excluding hydrogens is 320 g/mol. The maximum Gasteiger partial charge on any atom is 0.246 e. The van der Waals surface area contributed by atoms with Crippen LogP contribution in [0.25, 0.3) is 0 Å². The number of aromatic nitrogens is 4. The minimum Gasteiger partial charge on any atom is -0.354 e. The summed E-state index contributed by atoms with van der Waals surface area (Å²) in [5.74, 6) is 1.78. The first-order valence-corrected chi connectivity index (χ1v) is 8.31. The van der Waals surface area contributed by atoms with Crippen molar-refractivity contribution >= 4 is 17.6 Å². The third-order valence-electron chi connectivity index (χ3n) is 4.29. The second kappa shape index (κ2) is 7.37. The lowest BCUT2D eigenvalue weighted by Gasteiger charge is -2.35. The van der Waals surface area contributed by atoms with Crippen LogP contribution in [0.2, 0.25) is 0 Å². The van der Waals surface area contributed by atoms with Crippen LogP contribution in [0.4, 0.5) is 5.69 Å². The highest BCUT2D eigenvalue weighted by molar-refractivity contribution is 5.98. The van der Waals surface area contributed by atoms with Gasteiger partial charge in [-0.15, -0.1) is 0 Å². The number of anilines is 1. The molecule has 0 bridgehead atoms. The Morgan fingerprint density at radius 3 is 2.84 bits per heavy atom. The monoisotopic (exact) mass is 344 g/mol. The average molecular weight is 344 g/mol. The van der Waals surface area contributed by atoms with E-state index in [9.17, 15) is 4.79 Å². The third kappa shape index (κ3) is 3.81. The van der Waals surface area contributed by atoms with Gasteiger partial charge >= 0.3 is 0 Å². The number of aliphatic imine (C=N–C) groups is 1. The number of carbonyl (C=O) groups is 1. The van der Waals surface area contributed by atoms with Gasteiger partial charge in [0.25, 0.3) is 0 Å². The molecule has 9 heteroatoms. The van der Waals surface area contributed by atoms with Crippen LogP contribution in [0, 0.1) is 6.92 Å². The van der Waals surface area contributed by atoms with E-state index in [1.165, 1.54) is 0 Å². The minimum atomic E-state index is 0.0488. The van der Waals surface area contributed by atoms with Gasteiger partial charge in [-0.25, -0.2) is 4.98 Å². The first kappa shape index (κ1) is 17.0. The molecule has 0 atom stereocenters. The van der Waals surface area contributed by atoms with Gasteiger partial charge in [0.05, 0.1) is 11.9 Å². The Kier molecular flexibility index (Phi) is 5.01. The van der Waals surface area contributed by atoms with Crippen molar-refractivity contribution in [3.63, 3.8) is 0 Å². The summed E-state index contributed by atoms with van der Waals surface area (Å²) in [4.78, 5) is 24.8. The number of rotatable bonds is 4. The molecule has 0 aliphatic carbocycles. The number of nitrogens with one attached hydrogen (secondary N) is 1. The van der Waals surface area contributed by atoms with Gasteiger partial charge in [0.15, 0.2) is 5.96 Å². The van der Waals surface area contributed by atoms with Gasteiger partial charge in [0.2, 0.25) is 5.91 Å². The van der Waals surface area contributed by atoms with Crippen molar-refractivity contribution in [2.45, 2.75) is 13.5 Å². The van der Waals surface area contributed by atoms with Gasteiger partial charge < -0.3 is 19.7 Å². The fourth-order valence-electron chi connectivity index (χ4n) is 2.94. The number of guanidine groups is 1. The van der Waals surface area contributed by atoms with Crippen LogP contribution in [0.3, 0.4) is 0 Å². The van der Waals surface area contributed by atoms with E-state index in [4.69, 9.17) is 0 Å². The van der Waals surface area contributed by atoms with Crippen molar-refractivity contribution in [2.75, 3.05) is 38.1 Å². The van der Waals surface area contributed by atoms with Crippen LogP contribution in [0.5, 0.6) is 0 Å². The lowest BCUT2D eigenvalue weighted by atomic mass is 10.3. The molecular formula is C16H24N8O. The molecule has 2 aromatic rings. The molecule has 25 heavy (non-hydrogen) atoms. The summed E-state index contributed by atoms with van der Waals surface area (Å²) in [6, 6.07) is 0. The summed E-state index contributed by atoms with van der Waals surface area (Å²) in [7, 11) is 3.58. The fraction of sp³-hybridized carbons (Fsp3) is 0.500. The Labute approximate surface area is 147 Å². The molecule has 0 unspecified atom stereocenters. The van der Waals surface area contributed by atoms with Gasteiger partial charge in [0, 0.05) is 58.9 Å². The zero-order valence-corrected chi connectivity index (χ0v) is 14.9. The number of hydrogen-bond donors (Lipinski definition) is 1. The number of amides is 1. The van der Waals surface area contributed by atoms with Gasteiger partial charge in [-0.1, -0.05) is 0 Å². The first-order valence-electron chi connectivity index (χ1n) is 8.31. The summed E-state index contributed by atoms with van der Waals surface area (Å²) in [5.41, 5.74) is 0.839. The van der Waals surface area contributed by atoms with E-state index in [2.05, 4.69) is 25.0 Å². The fourth-order valence-corrected chi connectivity index (χ4v) is 2.94. The zero-order valence-electron chi connectivity index (χ0n) is 14.9. The van der Waals surface area contributed by atoms with E-state index in [0.717, 1.165) is 37.1 Å². The van der Waals surface area contributed by atoms with Crippen LogP contribution >= 0.6 is 0 Å². The van der Waals surface area contributed by atoms with Crippen LogP contribution in [-0.2, 0) is 18.4 Å². The summed E-state index contributed by atoms with van der Waals surface area (Å²) in [6.45, 7) is 5.15. The Hall–Kier alpha value is -2.84. The van der Waals surface area contributed by atoms with E-state index in [-0.39, 0.29) is 5.91 Å². The van der Waals surface area contributed by atoms with Gasteiger partial charge in [-0.2, -0.15) is 5.10 Å². The summed E-state index contributed by atoms with van der Waals surface area (Å²) >= 11 is 0. The van der Waals surface area contributed by atoms with Gasteiger partial charge in [0.1, 0.15) is 12.4 Å². The molecule has 1 saturated heterocycles. The van der Waals surface area contributed by atoms with Crippen LogP contribution in [-0.4, -0.2) is 69.3 Å². The SMILES string of the molecule is CN=C(NCCn1ccnc1C)N1CCN(c2cnn(C)c2)C(=O)C1. The number of piperazine rings is 1. The van der Waals surface area contributed by atoms with E-state index >= 15 is 0 Å². The molecule has 0 aromatic carbocycles. The molecule has 1 fully saturated rings. The van der Waals surface area contributed by atoms with E-state index in [1.807, 2.05) is 31.3 Å². The molecule has 1 aliphatic rings. The number of hydrogen-bond acceptors (Lipinski definition) is 4. The smallest absolute Gasteiger partial charge is 0.246 e. The van der Waals surface area contributed by atoms with Crippen molar-refractivity contribution in [1.29, 1.82) is 0 Å². The summed E-state index contributed by atoms with van der Waals surface area (Å²) < 4.78 is 3.78. The van der Waals surface area contributed by atoms with Crippen LogP contribution in [0.15, 0.2) is 29.8 Å². The van der Waals surface area contributed by atoms with Crippen molar-refractivity contribution in [1.82, 2.24) is 29.5 Å². The average Bonchev–Trinajstić information content (AvgIpc) is 3.20.